The second-order valence-electron chi connectivity index (χ2n) is 4.97. The molecular formula is C14H20N2O4S. The van der Waals surface area contributed by atoms with E-state index in [-0.39, 0.29) is 0 Å². The van der Waals surface area contributed by atoms with Crippen molar-refractivity contribution >= 4 is 29.2 Å². The second kappa shape index (κ2) is 8.41. The Balaban J connectivity index is 2.24. The van der Waals surface area contributed by atoms with Crippen LogP contribution in [0.1, 0.15) is 34.8 Å². The van der Waals surface area contributed by atoms with Gasteiger partial charge in [-0.2, -0.15) is 0 Å². The van der Waals surface area contributed by atoms with Gasteiger partial charge < -0.3 is 10.1 Å². The van der Waals surface area contributed by atoms with Crippen LogP contribution >= 0.6 is 11.3 Å². The van der Waals surface area contributed by atoms with Crippen LogP contribution in [0.3, 0.4) is 0 Å². The molecule has 0 atom stereocenters. The minimum Gasteiger partial charge on any atom is -0.451 e. The van der Waals surface area contributed by atoms with E-state index in [1.807, 2.05) is 20.8 Å². The van der Waals surface area contributed by atoms with E-state index < -0.39 is 24.5 Å². The van der Waals surface area contributed by atoms with Gasteiger partial charge in [-0.15, -0.1) is 11.3 Å². The lowest BCUT2D eigenvalue weighted by Crippen LogP contribution is -2.41. The maximum absolute atomic E-state index is 11.6. The highest BCUT2D eigenvalue weighted by Gasteiger charge is 2.13. The molecule has 0 aromatic carbocycles. The van der Waals surface area contributed by atoms with Crippen molar-refractivity contribution in [2.75, 3.05) is 13.2 Å². The summed E-state index contributed by atoms with van der Waals surface area (Å²) in [5.41, 5.74) is 0. The number of hydrogen-bond acceptors (Lipinski definition) is 5. The van der Waals surface area contributed by atoms with Crippen molar-refractivity contribution in [3.8, 4) is 0 Å². The van der Waals surface area contributed by atoms with E-state index >= 15 is 0 Å². The minimum atomic E-state index is -0.654. The molecule has 0 aliphatic heterocycles. The predicted molar refractivity (Wildman–Crippen MR) is 80.3 cm³/mol. The molecule has 0 unspecified atom stereocenters. The number of rotatable bonds is 6. The smallest absolute Gasteiger partial charge is 0.348 e. The molecule has 0 radical (unpaired) electrons. The molecule has 1 heterocycles. The quantitative estimate of drug-likeness (QED) is 0.788. The Hall–Kier alpha value is -1.89. The highest BCUT2D eigenvalue weighted by molar-refractivity contribution is 7.13. The highest BCUT2D eigenvalue weighted by Crippen LogP contribution is 2.15. The summed E-state index contributed by atoms with van der Waals surface area (Å²) in [6.07, 6.45) is 0.828. The van der Waals surface area contributed by atoms with Gasteiger partial charge in [0.1, 0.15) is 4.88 Å². The van der Waals surface area contributed by atoms with Gasteiger partial charge >= 0.3 is 12.0 Å². The third kappa shape index (κ3) is 6.89. The number of ether oxygens (including phenoxy) is 1. The first kappa shape index (κ1) is 17.2. The molecule has 1 aromatic heterocycles. The Kier molecular flexibility index (Phi) is 6.87. The predicted octanol–water partition coefficient (Wildman–Crippen LogP) is 2.09. The molecule has 6 nitrogen and oxygen atoms in total. The number of hydrogen-bond donors (Lipinski definition) is 2. The summed E-state index contributed by atoms with van der Waals surface area (Å²) in [5, 5.41) is 4.66. The zero-order valence-corrected chi connectivity index (χ0v) is 13.2. The summed E-state index contributed by atoms with van der Waals surface area (Å²) in [6, 6.07) is 2.85. The molecule has 0 saturated carbocycles. The molecule has 0 fully saturated rings. The minimum absolute atomic E-state index is 0.432. The van der Waals surface area contributed by atoms with Crippen molar-refractivity contribution in [1.82, 2.24) is 10.6 Å². The standard InChI is InChI=1S/C14H20N2O4S/c1-9(2)6-7-15-14(19)16-12(17)8-20-13(18)11-5-4-10(3)21-11/h4-5,9H,6-8H2,1-3H3,(H2,15,16,17,19). The molecule has 3 amide bonds. The highest BCUT2D eigenvalue weighted by atomic mass is 32.1. The number of aryl methyl sites for hydroxylation is 1. The summed E-state index contributed by atoms with van der Waals surface area (Å²) >= 11 is 1.29. The maximum atomic E-state index is 11.6. The summed E-state index contributed by atoms with van der Waals surface area (Å²) in [5.74, 6) is -0.752. The van der Waals surface area contributed by atoms with Gasteiger partial charge in [0, 0.05) is 11.4 Å². The fraction of sp³-hybridized carbons (Fsp3) is 0.500. The fourth-order valence-electron chi connectivity index (χ4n) is 1.43. The average Bonchev–Trinajstić information content (AvgIpc) is 2.82. The Morgan fingerprint density at radius 2 is 2.00 bits per heavy atom. The Bertz CT molecular complexity index is 511. The van der Waals surface area contributed by atoms with E-state index in [2.05, 4.69) is 10.6 Å². The lowest BCUT2D eigenvalue weighted by molar-refractivity contribution is -0.123. The number of carbonyl (C=O) groups excluding carboxylic acids is 3. The lowest BCUT2D eigenvalue weighted by atomic mass is 10.1. The van der Waals surface area contributed by atoms with Crippen LogP contribution in [0.15, 0.2) is 12.1 Å². The zero-order valence-electron chi connectivity index (χ0n) is 12.4. The number of thiophene rings is 1. The second-order valence-corrected chi connectivity index (χ2v) is 6.26. The Morgan fingerprint density at radius 3 is 2.57 bits per heavy atom. The molecule has 1 rings (SSSR count). The van der Waals surface area contributed by atoms with Crippen molar-refractivity contribution < 1.29 is 19.1 Å². The van der Waals surface area contributed by atoms with E-state index in [0.717, 1.165) is 11.3 Å². The van der Waals surface area contributed by atoms with Crippen LogP contribution in [0.2, 0.25) is 0 Å². The van der Waals surface area contributed by atoms with Crippen molar-refractivity contribution in [2.24, 2.45) is 5.92 Å². The van der Waals surface area contributed by atoms with Crippen molar-refractivity contribution in [3.05, 3.63) is 21.9 Å². The third-order valence-electron chi connectivity index (χ3n) is 2.54. The lowest BCUT2D eigenvalue weighted by Gasteiger charge is -2.08. The van der Waals surface area contributed by atoms with E-state index in [0.29, 0.717) is 17.3 Å². The third-order valence-corrected chi connectivity index (χ3v) is 3.52. The Labute approximate surface area is 127 Å². The summed E-state index contributed by atoms with van der Waals surface area (Å²) in [7, 11) is 0. The van der Waals surface area contributed by atoms with Gasteiger partial charge in [0.05, 0.1) is 0 Å². The molecular weight excluding hydrogens is 292 g/mol. The number of carbonyl (C=O) groups is 3. The summed E-state index contributed by atoms with van der Waals surface area (Å²) in [6.45, 7) is 5.96. The van der Waals surface area contributed by atoms with Crippen LogP contribution < -0.4 is 10.6 Å². The molecule has 116 valence electrons. The molecule has 7 heteroatoms. The van der Waals surface area contributed by atoms with E-state index in [9.17, 15) is 14.4 Å². The van der Waals surface area contributed by atoms with Gasteiger partial charge in [-0.25, -0.2) is 9.59 Å². The monoisotopic (exact) mass is 312 g/mol. The van der Waals surface area contributed by atoms with Crippen LogP contribution in [0.25, 0.3) is 0 Å². The van der Waals surface area contributed by atoms with Crippen LogP contribution in [-0.4, -0.2) is 31.1 Å². The number of urea groups is 1. The number of nitrogens with one attached hydrogen (secondary N) is 2. The largest absolute Gasteiger partial charge is 0.451 e. The topological polar surface area (TPSA) is 84.5 Å². The molecule has 0 aliphatic carbocycles. The van der Waals surface area contributed by atoms with Gasteiger partial charge in [0.25, 0.3) is 5.91 Å². The van der Waals surface area contributed by atoms with Crippen molar-refractivity contribution in [1.29, 1.82) is 0 Å². The van der Waals surface area contributed by atoms with Gasteiger partial charge in [0.2, 0.25) is 0 Å². The van der Waals surface area contributed by atoms with Crippen LogP contribution in [-0.2, 0) is 9.53 Å². The normalized spacial score (nSPS) is 10.3. The first-order chi connectivity index (χ1) is 9.88. The summed E-state index contributed by atoms with van der Waals surface area (Å²) in [4.78, 5) is 35.8. The SMILES string of the molecule is Cc1ccc(C(=O)OCC(=O)NC(=O)NCCC(C)C)s1. The molecule has 0 bridgehead atoms. The van der Waals surface area contributed by atoms with E-state index in [1.165, 1.54) is 11.3 Å². The van der Waals surface area contributed by atoms with Crippen LogP contribution in [0, 0.1) is 12.8 Å². The Morgan fingerprint density at radius 1 is 1.29 bits per heavy atom. The number of esters is 1. The molecule has 0 saturated heterocycles. The van der Waals surface area contributed by atoms with Crippen molar-refractivity contribution in [3.63, 3.8) is 0 Å². The molecule has 21 heavy (non-hydrogen) atoms. The van der Waals surface area contributed by atoms with Crippen LogP contribution in [0.5, 0.6) is 0 Å². The average molecular weight is 312 g/mol. The fourth-order valence-corrected chi connectivity index (χ4v) is 2.19. The summed E-state index contributed by atoms with van der Waals surface area (Å²) < 4.78 is 4.83. The molecule has 0 aliphatic rings. The van der Waals surface area contributed by atoms with E-state index in [1.54, 1.807) is 12.1 Å². The van der Waals surface area contributed by atoms with Crippen molar-refractivity contribution in [2.45, 2.75) is 27.2 Å². The van der Waals surface area contributed by atoms with Crippen LogP contribution in [0.4, 0.5) is 4.79 Å². The van der Waals surface area contributed by atoms with Gasteiger partial charge in [-0.3, -0.25) is 10.1 Å². The first-order valence-electron chi connectivity index (χ1n) is 6.69. The first-order valence-corrected chi connectivity index (χ1v) is 7.51. The number of amides is 3. The van der Waals surface area contributed by atoms with Gasteiger partial charge in [0.15, 0.2) is 6.61 Å². The van der Waals surface area contributed by atoms with E-state index in [4.69, 9.17) is 4.74 Å². The molecule has 1 aromatic rings. The zero-order chi connectivity index (χ0) is 15.8. The van der Waals surface area contributed by atoms with Gasteiger partial charge in [-0.05, 0) is 31.4 Å². The molecule has 2 N–H and O–H groups in total. The van der Waals surface area contributed by atoms with Gasteiger partial charge in [-0.1, -0.05) is 13.8 Å². The maximum Gasteiger partial charge on any atom is 0.348 e. The molecule has 0 spiro atoms. The number of imide groups is 1.